The maximum absolute atomic E-state index is 10.3. The summed E-state index contributed by atoms with van der Waals surface area (Å²) < 4.78 is 33.1. The zero-order valence-corrected chi connectivity index (χ0v) is 17.8. The van der Waals surface area contributed by atoms with Crippen molar-refractivity contribution in [3.8, 4) is 0 Å². The summed E-state index contributed by atoms with van der Waals surface area (Å²) in [6.07, 6.45) is 8.45. The van der Waals surface area contributed by atoms with Gasteiger partial charge in [-0.2, -0.15) is 0 Å². The van der Waals surface area contributed by atoms with Crippen LogP contribution in [-0.4, -0.2) is 13.0 Å². The molecule has 1 aromatic heterocycles. The van der Waals surface area contributed by atoms with Gasteiger partial charge < -0.3 is 4.55 Å². The number of pyridine rings is 1. The number of nitrogens with zero attached hydrogens (tertiary/aromatic N) is 1. The summed E-state index contributed by atoms with van der Waals surface area (Å²) >= 11 is 5.46. The van der Waals surface area contributed by atoms with Gasteiger partial charge in [0, 0.05) is 17.2 Å². The highest BCUT2D eigenvalue weighted by Gasteiger charge is 1.99. The number of aromatic nitrogens is 1. The smallest absolute Gasteiger partial charge is 0.169 e. The first-order chi connectivity index (χ1) is 14.3. The molecule has 0 saturated heterocycles. The van der Waals surface area contributed by atoms with E-state index in [-0.39, 0.29) is 4.90 Å². The van der Waals surface area contributed by atoms with E-state index in [0.29, 0.717) is 5.02 Å². The third-order valence-electron chi connectivity index (χ3n) is 4.39. The van der Waals surface area contributed by atoms with Crippen molar-refractivity contribution in [2.45, 2.75) is 4.90 Å². The molecular formula is C24H20ClNO3S. The van der Waals surface area contributed by atoms with Gasteiger partial charge in [-0.05, 0) is 46.2 Å². The second-order valence-electron chi connectivity index (χ2n) is 6.61. The summed E-state index contributed by atoms with van der Waals surface area (Å²) in [7, 11) is -2.30. The van der Waals surface area contributed by atoms with Crippen molar-refractivity contribution < 1.29 is 17.5 Å². The van der Waals surface area contributed by atoms with Crippen LogP contribution >= 0.6 is 11.6 Å². The molecule has 152 valence electrons. The molecule has 0 radical (unpaired) electrons. The number of benzene rings is 3. The van der Waals surface area contributed by atoms with E-state index in [1.807, 2.05) is 11.6 Å². The van der Waals surface area contributed by atoms with Gasteiger partial charge in [-0.1, -0.05) is 66.2 Å². The van der Waals surface area contributed by atoms with Crippen molar-refractivity contribution in [2.75, 3.05) is 0 Å². The van der Waals surface area contributed by atoms with Crippen LogP contribution in [0.4, 0.5) is 0 Å². The van der Waals surface area contributed by atoms with Crippen LogP contribution in [0.5, 0.6) is 0 Å². The van der Waals surface area contributed by atoms with Crippen LogP contribution < -0.4 is 4.57 Å². The van der Waals surface area contributed by atoms with E-state index in [4.69, 9.17) is 11.6 Å². The van der Waals surface area contributed by atoms with Gasteiger partial charge >= 0.3 is 0 Å². The van der Waals surface area contributed by atoms with Gasteiger partial charge in [0.05, 0.1) is 4.90 Å². The zero-order valence-electron chi connectivity index (χ0n) is 16.3. The van der Waals surface area contributed by atoms with E-state index < -0.39 is 10.1 Å². The summed E-state index contributed by atoms with van der Waals surface area (Å²) in [6, 6.07) is 24.2. The Balaban J connectivity index is 0.000000199. The quantitative estimate of drug-likeness (QED) is 0.331. The van der Waals surface area contributed by atoms with E-state index in [2.05, 4.69) is 79.1 Å². The zero-order chi connectivity index (χ0) is 21.6. The lowest BCUT2D eigenvalue weighted by atomic mass is 10.0. The summed E-state index contributed by atoms with van der Waals surface area (Å²) in [5, 5.41) is 2.98. The van der Waals surface area contributed by atoms with Gasteiger partial charge in [0.25, 0.3) is 0 Å². The Morgan fingerprint density at radius 3 is 2.13 bits per heavy atom. The molecule has 4 aromatic rings. The highest BCUT2D eigenvalue weighted by molar-refractivity contribution is 7.85. The molecule has 4 nitrogen and oxygen atoms in total. The minimum absolute atomic E-state index is 0.262. The normalized spacial score (nSPS) is 11.3. The summed E-state index contributed by atoms with van der Waals surface area (Å²) in [6.45, 7) is 0. The number of fused-ring (bicyclic) bond motifs is 1. The molecule has 0 bridgehead atoms. The first kappa shape index (κ1) is 21.7. The molecule has 0 fully saturated rings. The molecular weight excluding hydrogens is 418 g/mol. The lowest BCUT2D eigenvalue weighted by Gasteiger charge is -2.05. The average Bonchev–Trinajstić information content (AvgIpc) is 2.73. The summed E-state index contributed by atoms with van der Waals surface area (Å²) in [5.74, 6) is 0. The fourth-order valence-electron chi connectivity index (χ4n) is 2.81. The Hall–Kier alpha value is -2.99. The standard InChI is InChI=1S/C18H16N.C6H5ClO3S/c1-19-13-11-15(12-14-19)9-10-17-7-4-6-16-5-2-3-8-18(16)17;7-5-1-3-6(4-2-5)11(8,9)10/h2-14H,1H3;1-4H,(H,8,9,10)/q+1;/p-1/b10-9+;. The van der Waals surface area contributed by atoms with Crippen LogP contribution in [-0.2, 0) is 17.2 Å². The number of aryl methyl sites for hydroxylation is 1. The van der Waals surface area contributed by atoms with E-state index in [0.717, 1.165) is 0 Å². The molecule has 3 aromatic carbocycles. The van der Waals surface area contributed by atoms with Gasteiger partial charge in [0.1, 0.15) is 17.2 Å². The molecule has 0 N–H and O–H groups in total. The van der Waals surface area contributed by atoms with E-state index >= 15 is 0 Å². The Morgan fingerprint density at radius 2 is 1.47 bits per heavy atom. The average molecular weight is 438 g/mol. The maximum atomic E-state index is 10.3. The number of hydrogen-bond donors (Lipinski definition) is 0. The fraction of sp³-hybridized carbons (Fsp3) is 0.0417. The molecule has 0 unspecified atom stereocenters. The van der Waals surface area contributed by atoms with Crippen LogP contribution in [0.1, 0.15) is 11.1 Å². The van der Waals surface area contributed by atoms with Gasteiger partial charge in [-0.25, -0.2) is 13.0 Å². The predicted molar refractivity (Wildman–Crippen MR) is 120 cm³/mol. The molecule has 0 aliphatic rings. The Kier molecular flexibility index (Phi) is 7.00. The largest absolute Gasteiger partial charge is 0.744 e. The number of halogens is 1. The molecule has 0 amide bonds. The minimum Gasteiger partial charge on any atom is -0.744 e. The third kappa shape index (κ3) is 6.00. The highest BCUT2D eigenvalue weighted by atomic mass is 35.5. The van der Waals surface area contributed by atoms with Crippen LogP contribution in [0.2, 0.25) is 5.02 Å². The van der Waals surface area contributed by atoms with Crippen molar-refractivity contribution in [3.05, 3.63) is 107 Å². The van der Waals surface area contributed by atoms with Crippen molar-refractivity contribution >= 4 is 44.6 Å². The first-order valence-electron chi connectivity index (χ1n) is 9.15. The minimum atomic E-state index is -4.33. The van der Waals surface area contributed by atoms with Crippen LogP contribution in [0, 0.1) is 0 Å². The topological polar surface area (TPSA) is 61.1 Å². The lowest BCUT2D eigenvalue weighted by molar-refractivity contribution is -0.671. The molecule has 0 aliphatic heterocycles. The van der Waals surface area contributed by atoms with Gasteiger partial charge in [-0.3, -0.25) is 0 Å². The highest BCUT2D eigenvalue weighted by Crippen LogP contribution is 2.20. The van der Waals surface area contributed by atoms with E-state index in [9.17, 15) is 13.0 Å². The second-order valence-corrected chi connectivity index (χ2v) is 8.42. The van der Waals surface area contributed by atoms with Gasteiger partial charge in [0.15, 0.2) is 12.4 Å². The SMILES string of the molecule is C[n+]1ccc(/C=C/c2cccc3ccccc23)cc1.O=S(=O)([O-])c1ccc(Cl)cc1. The van der Waals surface area contributed by atoms with Gasteiger partial charge in [0.2, 0.25) is 0 Å². The number of rotatable bonds is 3. The molecule has 0 spiro atoms. The monoisotopic (exact) mass is 437 g/mol. The summed E-state index contributed by atoms with van der Waals surface area (Å²) in [4.78, 5) is -0.262. The van der Waals surface area contributed by atoms with E-state index in [1.54, 1.807) is 0 Å². The Labute approximate surface area is 181 Å². The fourth-order valence-corrected chi connectivity index (χ4v) is 3.40. The second kappa shape index (κ2) is 9.67. The molecule has 0 aliphatic carbocycles. The van der Waals surface area contributed by atoms with Crippen LogP contribution in [0.3, 0.4) is 0 Å². The Morgan fingerprint density at radius 1 is 0.833 bits per heavy atom. The van der Waals surface area contributed by atoms with Crippen molar-refractivity contribution in [2.24, 2.45) is 7.05 Å². The Bertz CT molecular complexity index is 1260. The third-order valence-corrected chi connectivity index (χ3v) is 5.49. The van der Waals surface area contributed by atoms with Crippen molar-refractivity contribution in [1.82, 2.24) is 0 Å². The first-order valence-corrected chi connectivity index (χ1v) is 10.9. The van der Waals surface area contributed by atoms with Gasteiger partial charge in [-0.15, -0.1) is 0 Å². The van der Waals surface area contributed by atoms with Crippen molar-refractivity contribution in [3.63, 3.8) is 0 Å². The molecule has 30 heavy (non-hydrogen) atoms. The number of hydrogen-bond acceptors (Lipinski definition) is 3. The van der Waals surface area contributed by atoms with Crippen LogP contribution in [0.25, 0.3) is 22.9 Å². The lowest BCUT2D eigenvalue weighted by Crippen LogP contribution is -2.25. The molecule has 1 heterocycles. The predicted octanol–water partition coefficient (Wildman–Crippen LogP) is 5.08. The van der Waals surface area contributed by atoms with E-state index in [1.165, 1.54) is 46.2 Å². The van der Waals surface area contributed by atoms with Crippen LogP contribution in [0.15, 0.2) is 96.2 Å². The molecule has 0 atom stereocenters. The molecule has 0 saturated carbocycles. The summed E-state index contributed by atoms with van der Waals surface area (Å²) in [5.41, 5.74) is 2.47. The maximum Gasteiger partial charge on any atom is 0.169 e. The molecule has 4 rings (SSSR count). The molecule has 6 heteroatoms. The van der Waals surface area contributed by atoms with Crippen molar-refractivity contribution in [1.29, 1.82) is 0 Å².